The Bertz CT molecular complexity index is 988. The zero-order valence-corrected chi connectivity index (χ0v) is 18.8. The fourth-order valence-electron chi connectivity index (χ4n) is 3.52. The van der Waals surface area contributed by atoms with Crippen LogP contribution in [0.1, 0.15) is 30.0 Å². The van der Waals surface area contributed by atoms with Gasteiger partial charge in [0, 0.05) is 6.54 Å². The van der Waals surface area contributed by atoms with Gasteiger partial charge in [-0.3, -0.25) is 0 Å². The number of allylic oxidation sites excluding steroid dienone is 1. The van der Waals surface area contributed by atoms with Gasteiger partial charge in [0.2, 0.25) is 0 Å². The molecule has 0 aromatic heterocycles. The zero-order valence-electron chi connectivity index (χ0n) is 18.8. The summed E-state index contributed by atoms with van der Waals surface area (Å²) in [6.45, 7) is 3.69. The summed E-state index contributed by atoms with van der Waals surface area (Å²) >= 11 is 0. The first-order valence-electron chi connectivity index (χ1n) is 10.6. The Balaban J connectivity index is 2.03. The predicted molar refractivity (Wildman–Crippen MR) is 128 cm³/mol. The van der Waals surface area contributed by atoms with Crippen LogP contribution in [-0.4, -0.2) is 44.4 Å². The lowest BCUT2D eigenvalue weighted by atomic mass is 9.88. The topological polar surface area (TPSA) is 41.9 Å². The Labute approximate surface area is 185 Å². The number of aromatic hydroxyl groups is 1. The highest BCUT2D eigenvalue weighted by Gasteiger charge is 2.14. The number of phenols is 1. The van der Waals surface area contributed by atoms with Crippen molar-refractivity contribution in [2.24, 2.45) is 0 Å². The van der Waals surface area contributed by atoms with E-state index in [1.54, 1.807) is 19.2 Å². The molecule has 0 aliphatic rings. The van der Waals surface area contributed by atoms with Gasteiger partial charge < -0.3 is 19.5 Å². The Hall–Kier alpha value is -3.24. The number of rotatable bonds is 9. The molecule has 0 aliphatic heterocycles. The molecule has 3 rings (SSSR count). The third kappa shape index (κ3) is 5.89. The summed E-state index contributed by atoms with van der Waals surface area (Å²) < 4.78 is 11.2. The predicted octanol–water partition coefficient (Wildman–Crippen LogP) is 5.71. The van der Waals surface area contributed by atoms with E-state index in [4.69, 9.17) is 9.47 Å². The first-order chi connectivity index (χ1) is 15.0. The number of nitrogens with zero attached hydrogens (tertiary/aromatic N) is 1. The van der Waals surface area contributed by atoms with E-state index in [-0.39, 0.29) is 5.75 Å². The quantitative estimate of drug-likeness (QED) is 0.453. The fraction of sp³-hybridized carbons (Fsp3) is 0.259. The molecule has 0 spiro atoms. The summed E-state index contributed by atoms with van der Waals surface area (Å²) in [5.41, 5.74) is 5.70. The lowest BCUT2D eigenvalue weighted by molar-refractivity contribution is 0.261. The molecule has 0 amide bonds. The lowest BCUT2D eigenvalue weighted by Gasteiger charge is -2.17. The molecule has 1 N–H and O–H groups in total. The average molecular weight is 418 g/mol. The van der Waals surface area contributed by atoms with Crippen molar-refractivity contribution >= 4 is 11.1 Å². The molecule has 162 valence electrons. The molecule has 4 heteroatoms. The molecule has 0 radical (unpaired) electrons. The average Bonchev–Trinajstić information content (AvgIpc) is 2.79. The van der Waals surface area contributed by atoms with Crippen LogP contribution in [-0.2, 0) is 0 Å². The third-order valence-electron chi connectivity index (χ3n) is 5.20. The van der Waals surface area contributed by atoms with Crippen LogP contribution in [0.5, 0.6) is 17.2 Å². The summed E-state index contributed by atoms with van der Waals surface area (Å²) in [4.78, 5) is 2.10. The summed E-state index contributed by atoms with van der Waals surface area (Å²) in [7, 11) is 5.74. The highest BCUT2D eigenvalue weighted by molar-refractivity contribution is 5.98. The Morgan fingerprint density at radius 3 is 1.81 bits per heavy atom. The molecular weight excluding hydrogens is 386 g/mol. The minimum absolute atomic E-state index is 0.259. The number of phenolic OH excluding ortho intramolecular Hbond substituents is 1. The van der Waals surface area contributed by atoms with Crippen LogP contribution in [0, 0.1) is 0 Å². The van der Waals surface area contributed by atoms with Crippen LogP contribution in [0.3, 0.4) is 0 Å². The molecule has 4 nitrogen and oxygen atoms in total. The van der Waals surface area contributed by atoms with E-state index in [1.807, 2.05) is 50.5 Å². The molecule has 0 saturated carbocycles. The maximum Gasteiger partial charge on any atom is 0.119 e. The number of hydrogen-bond acceptors (Lipinski definition) is 4. The van der Waals surface area contributed by atoms with E-state index in [9.17, 15) is 5.11 Å². The highest BCUT2D eigenvalue weighted by atomic mass is 16.5. The molecule has 0 heterocycles. The number of benzene rings is 3. The molecular formula is C27H31NO3. The second kappa shape index (κ2) is 10.7. The maximum absolute atomic E-state index is 9.79. The Kier molecular flexibility index (Phi) is 7.74. The van der Waals surface area contributed by atoms with Crippen LogP contribution >= 0.6 is 0 Å². The van der Waals surface area contributed by atoms with Gasteiger partial charge in [-0.2, -0.15) is 0 Å². The maximum atomic E-state index is 9.79. The molecule has 0 aliphatic carbocycles. The standard InChI is InChI=1S/C27H31NO3/c1-5-26(20-8-14-24(30-4)15-9-20)27(21-6-12-23(29)13-7-21)22-10-16-25(17-11-22)31-19-18-28(2)3/h6-17,29H,5,18-19H2,1-4H3/b27-26+. The molecule has 0 fully saturated rings. The molecule has 3 aromatic carbocycles. The summed E-state index contributed by atoms with van der Waals surface area (Å²) in [6.07, 6.45) is 0.865. The van der Waals surface area contributed by atoms with E-state index in [0.717, 1.165) is 46.7 Å². The van der Waals surface area contributed by atoms with Crippen molar-refractivity contribution in [2.75, 3.05) is 34.4 Å². The van der Waals surface area contributed by atoms with Gasteiger partial charge in [-0.15, -0.1) is 0 Å². The summed E-state index contributed by atoms with van der Waals surface area (Å²) in [5.74, 6) is 1.96. The SMILES string of the molecule is CC/C(=C(/c1ccc(O)cc1)c1ccc(OCCN(C)C)cc1)c1ccc(OC)cc1. The van der Waals surface area contributed by atoms with Gasteiger partial charge in [0.25, 0.3) is 0 Å². The number of methoxy groups -OCH3 is 1. The van der Waals surface area contributed by atoms with Crippen LogP contribution in [0.4, 0.5) is 0 Å². The lowest BCUT2D eigenvalue weighted by Crippen LogP contribution is -2.19. The van der Waals surface area contributed by atoms with Gasteiger partial charge in [0.1, 0.15) is 23.9 Å². The van der Waals surface area contributed by atoms with Crippen molar-refractivity contribution in [2.45, 2.75) is 13.3 Å². The zero-order chi connectivity index (χ0) is 22.2. The number of ether oxygens (including phenoxy) is 2. The molecule has 0 unspecified atom stereocenters. The van der Waals surface area contributed by atoms with Crippen molar-refractivity contribution in [1.82, 2.24) is 4.90 Å². The minimum atomic E-state index is 0.259. The van der Waals surface area contributed by atoms with E-state index in [1.165, 1.54) is 5.57 Å². The number of likely N-dealkylation sites (N-methyl/N-ethyl adjacent to an activating group) is 1. The highest BCUT2D eigenvalue weighted by Crippen LogP contribution is 2.36. The third-order valence-corrected chi connectivity index (χ3v) is 5.20. The van der Waals surface area contributed by atoms with Gasteiger partial charge in [-0.1, -0.05) is 43.3 Å². The number of hydrogen-bond donors (Lipinski definition) is 1. The minimum Gasteiger partial charge on any atom is -0.508 e. The molecule has 31 heavy (non-hydrogen) atoms. The van der Waals surface area contributed by atoms with Crippen molar-refractivity contribution in [1.29, 1.82) is 0 Å². The van der Waals surface area contributed by atoms with Gasteiger partial charge in [0.15, 0.2) is 0 Å². The van der Waals surface area contributed by atoms with Crippen LogP contribution in [0.25, 0.3) is 11.1 Å². The first-order valence-corrected chi connectivity index (χ1v) is 10.6. The molecule has 0 atom stereocenters. The van der Waals surface area contributed by atoms with Crippen LogP contribution in [0.2, 0.25) is 0 Å². The normalized spacial score (nSPS) is 11.9. The Morgan fingerprint density at radius 1 is 0.774 bits per heavy atom. The van der Waals surface area contributed by atoms with Crippen molar-refractivity contribution < 1.29 is 14.6 Å². The summed E-state index contributed by atoms with van der Waals surface area (Å²) in [6, 6.07) is 23.8. The molecule has 3 aromatic rings. The van der Waals surface area contributed by atoms with E-state index in [0.29, 0.717) is 6.61 Å². The fourth-order valence-corrected chi connectivity index (χ4v) is 3.52. The van der Waals surface area contributed by atoms with Crippen molar-refractivity contribution in [3.63, 3.8) is 0 Å². The van der Waals surface area contributed by atoms with E-state index in [2.05, 4.69) is 36.1 Å². The first kappa shape index (κ1) is 22.4. The second-order valence-electron chi connectivity index (χ2n) is 7.66. The van der Waals surface area contributed by atoms with Gasteiger partial charge >= 0.3 is 0 Å². The van der Waals surface area contributed by atoms with Crippen LogP contribution < -0.4 is 9.47 Å². The Morgan fingerprint density at radius 2 is 1.29 bits per heavy atom. The van der Waals surface area contributed by atoms with E-state index >= 15 is 0 Å². The van der Waals surface area contributed by atoms with Gasteiger partial charge in [-0.25, -0.2) is 0 Å². The van der Waals surface area contributed by atoms with Crippen molar-refractivity contribution in [3.8, 4) is 17.2 Å². The smallest absolute Gasteiger partial charge is 0.119 e. The van der Waals surface area contributed by atoms with E-state index < -0.39 is 0 Å². The molecule has 0 saturated heterocycles. The van der Waals surface area contributed by atoms with Crippen LogP contribution in [0.15, 0.2) is 72.8 Å². The monoisotopic (exact) mass is 417 g/mol. The molecule has 0 bridgehead atoms. The largest absolute Gasteiger partial charge is 0.508 e. The van der Waals surface area contributed by atoms with Crippen molar-refractivity contribution in [3.05, 3.63) is 89.5 Å². The van der Waals surface area contributed by atoms with Gasteiger partial charge in [-0.05, 0) is 84.8 Å². The van der Waals surface area contributed by atoms with Gasteiger partial charge in [0.05, 0.1) is 7.11 Å². The summed E-state index contributed by atoms with van der Waals surface area (Å²) in [5, 5.41) is 9.79. The second-order valence-corrected chi connectivity index (χ2v) is 7.66.